The summed E-state index contributed by atoms with van der Waals surface area (Å²) in [4.78, 5) is 31.3. The molecule has 188 valence electrons. The van der Waals surface area contributed by atoms with Crippen LogP contribution in [0, 0.1) is 11.3 Å². The normalized spacial score (nSPS) is 18.1. The topological polar surface area (TPSA) is 112 Å². The molecular weight excluding hydrogens is 466 g/mol. The molecule has 2 aliphatic carbocycles. The number of phenols is 1. The molecule has 2 N–H and O–H groups in total. The predicted molar refractivity (Wildman–Crippen MR) is 140 cm³/mol. The van der Waals surface area contributed by atoms with Gasteiger partial charge in [0.2, 0.25) is 0 Å². The number of nitrogens with one attached hydrogen (secondary N) is 1. The van der Waals surface area contributed by atoms with Crippen LogP contribution in [0.3, 0.4) is 0 Å². The Morgan fingerprint density at radius 1 is 1.11 bits per heavy atom. The van der Waals surface area contributed by atoms with Crippen LogP contribution in [0.2, 0.25) is 0 Å². The number of ether oxygens (including phenoxy) is 1. The zero-order chi connectivity index (χ0) is 26.0. The second kappa shape index (κ2) is 10.1. The van der Waals surface area contributed by atoms with E-state index in [-0.39, 0.29) is 5.75 Å². The summed E-state index contributed by atoms with van der Waals surface area (Å²) in [5.41, 5.74) is 3.70. The Balaban J connectivity index is 1.44. The SMILES string of the molecule is C[C@@H](OC(=O)c1c2c(nc3ccccc13)/C(=C\c1ccc(O)cc1)CC2)C(=O)NC1(C#N)CCCCC1. The number of benzene rings is 2. The van der Waals surface area contributed by atoms with Gasteiger partial charge in [0, 0.05) is 5.39 Å². The van der Waals surface area contributed by atoms with Crippen LogP contribution in [0.1, 0.15) is 72.6 Å². The standard InChI is InChI=1S/C30H29N3O4/c1-19(28(35)33-30(18-31)15-5-2-6-16-30)37-29(36)26-23-7-3-4-8-25(23)32-27-21(11-14-24(26)27)17-20-9-12-22(34)13-10-20/h3-4,7-10,12-13,17,19,34H,2,5-6,11,14-16H2,1H3,(H,33,35)/b21-17-/t19-/m1/s1. The van der Waals surface area contributed by atoms with Gasteiger partial charge in [0.05, 0.1) is 22.8 Å². The number of amides is 1. The number of phenolic OH excluding ortho intramolecular Hbond substituents is 1. The maximum atomic E-state index is 13.5. The Hall–Kier alpha value is -4.18. The molecule has 5 rings (SSSR count). The lowest BCUT2D eigenvalue weighted by Crippen LogP contribution is -2.52. The molecule has 37 heavy (non-hydrogen) atoms. The number of fused-ring (bicyclic) bond motifs is 2. The highest BCUT2D eigenvalue weighted by Crippen LogP contribution is 2.38. The number of nitriles is 1. The Kier molecular flexibility index (Phi) is 6.66. The number of rotatable bonds is 5. The van der Waals surface area contributed by atoms with Gasteiger partial charge in [-0.3, -0.25) is 4.79 Å². The lowest BCUT2D eigenvalue weighted by Gasteiger charge is -2.32. The van der Waals surface area contributed by atoms with E-state index >= 15 is 0 Å². The van der Waals surface area contributed by atoms with Gasteiger partial charge < -0.3 is 15.2 Å². The molecule has 3 aromatic rings. The molecule has 1 aromatic heterocycles. The Bertz CT molecular complexity index is 1430. The maximum Gasteiger partial charge on any atom is 0.339 e. The number of aromatic nitrogens is 1. The van der Waals surface area contributed by atoms with Crippen molar-refractivity contribution < 1.29 is 19.4 Å². The minimum absolute atomic E-state index is 0.199. The van der Waals surface area contributed by atoms with Gasteiger partial charge in [-0.1, -0.05) is 49.6 Å². The van der Waals surface area contributed by atoms with Crippen LogP contribution in [0.25, 0.3) is 22.6 Å². The second-order valence-electron chi connectivity index (χ2n) is 9.88. The van der Waals surface area contributed by atoms with E-state index in [4.69, 9.17) is 9.72 Å². The number of para-hydroxylation sites is 1. The summed E-state index contributed by atoms with van der Waals surface area (Å²) < 4.78 is 5.69. The summed E-state index contributed by atoms with van der Waals surface area (Å²) in [7, 11) is 0. The molecule has 7 heteroatoms. The summed E-state index contributed by atoms with van der Waals surface area (Å²) in [5, 5.41) is 22.8. The summed E-state index contributed by atoms with van der Waals surface area (Å²) >= 11 is 0. The van der Waals surface area contributed by atoms with Crippen molar-refractivity contribution in [2.75, 3.05) is 0 Å². The minimum atomic E-state index is -1.05. The average Bonchev–Trinajstić information content (AvgIpc) is 3.30. The molecule has 1 fully saturated rings. The van der Waals surface area contributed by atoms with E-state index in [1.807, 2.05) is 42.5 Å². The van der Waals surface area contributed by atoms with E-state index in [9.17, 15) is 20.0 Å². The molecular formula is C30H29N3O4. The van der Waals surface area contributed by atoms with E-state index in [1.165, 1.54) is 0 Å². The van der Waals surface area contributed by atoms with Crippen LogP contribution in [0.5, 0.6) is 5.75 Å². The number of allylic oxidation sites excluding steroid dienone is 1. The zero-order valence-electron chi connectivity index (χ0n) is 20.8. The molecule has 1 heterocycles. The molecule has 0 radical (unpaired) electrons. The summed E-state index contributed by atoms with van der Waals surface area (Å²) in [6.07, 6.45) is 6.34. The molecule has 0 bridgehead atoms. The van der Waals surface area contributed by atoms with Crippen molar-refractivity contribution in [3.8, 4) is 11.8 Å². The van der Waals surface area contributed by atoms with E-state index < -0.39 is 23.5 Å². The van der Waals surface area contributed by atoms with E-state index in [0.717, 1.165) is 41.7 Å². The fourth-order valence-electron chi connectivity index (χ4n) is 5.31. The Labute approximate surface area is 215 Å². The van der Waals surface area contributed by atoms with Crippen molar-refractivity contribution in [1.82, 2.24) is 10.3 Å². The van der Waals surface area contributed by atoms with Crippen LogP contribution < -0.4 is 5.32 Å². The van der Waals surface area contributed by atoms with Gasteiger partial charge in [-0.15, -0.1) is 0 Å². The number of hydrogen-bond acceptors (Lipinski definition) is 6. The van der Waals surface area contributed by atoms with Crippen molar-refractivity contribution in [3.05, 3.63) is 70.9 Å². The summed E-state index contributed by atoms with van der Waals surface area (Å²) in [6, 6.07) is 16.6. The number of carbonyl (C=O) groups excluding carboxylic acids is 2. The Morgan fingerprint density at radius 3 is 2.57 bits per heavy atom. The highest BCUT2D eigenvalue weighted by Gasteiger charge is 2.36. The molecule has 1 amide bonds. The van der Waals surface area contributed by atoms with Crippen LogP contribution >= 0.6 is 0 Å². The van der Waals surface area contributed by atoms with Crippen LogP contribution in [-0.4, -0.2) is 33.6 Å². The molecule has 2 aromatic carbocycles. The van der Waals surface area contributed by atoms with Crippen molar-refractivity contribution in [2.24, 2.45) is 0 Å². The third-order valence-electron chi connectivity index (χ3n) is 7.32. The number of pyridine rings is 1. The third kappa shape index (κ3) is 4.92. The van der Waals surface area contributed by atoms with Gasteiger partial charge in [0.15, 0.2) is 6.10 Å². The molecule has 0 unspecified atom stereocenters. The first kappa shape index (κ1) is 24.5. The molecule has 1 atom stereocenters. The quantitative estimate of drug-likeness (QED) is 0.464. The number of nitrogens with zero attached hydrogens (tertiary/aromatic N) is 2. The van der Waals surface area contributed by atoms with E-state index in [2.05, 4.69) is 11.4 Å². The van der Waals surface area contributed by atoms with Gasteiger partial charge in [0.1, 0.15) is 11.3 Å². The maximum absolute atomic E-state index is 13.5. The van der Waals surface area contributed by atoms with Gasteiger partial charge in [-0.2, -0.15) is 5.26 Å². The Morgan fingerprint density at radius 2 is 1.84 bits per heavy atom. The average molecular weight is 496 g/mol. The summed E-state index contributed by atoms with van der Waals surface area (Å²) in [6.45, 7) is 1.54. The lowest BCUT2D eigenvalue weighted by molar-refractivity contribution is -0.130. The van der Waals surface area contributed by atoms with Gasteiger partial charge in [0.25, 0.3) is 5.91 Å². The lowest BCUT2D eigenvalue weighted by atomic mass is 9.83. The van der Waals surface area contributed by atoms with Gasteiger partial charge >= 0.3 is 5.97 Å². The third-order valence-corrected chi connectivity index (χ3v) is 7.32. The van der Waals surface area contributed by atoms with Crippen LogP contribution in [0.4, 0.5) is 0 Å². The first-order valence-corrected chi connectivity index (χ1v) is 12.7. The van der Waals surface area contributed by atoms with Crippen LogP contribution in [0.15, 0.2) is 48.5 Å². The monoisotopic (exact) mass is 495 g/mol. The number of aromatic hydroxyl groups is 1. The number of carbonyl (C=O) groups is 2. The minimum Gasteiger partial charge on any atom is -0.508 e. The second-order valence-corrected chi connectivity index (χ2v) is 9.88. The highest BCUT2D eigenvalue weighted by atomic mass is 16.5. The molecule has 0 saturated heterocycles. The number of esters is 1. The first-order chi connectivity index (χ1) is 17.9. The van der Waals surface area contributed by atoms with Gasteiger partial charge in [-0.25, -0.2) is 9.78 Å². The van der Waals surface area contributed by atoms with Crippen molar-refractivity contribution >= 4 is 34.4 Å². The molecule has 1 saturated carbocycles. The number of hydrogen-bond donors (Lipinski definition) is 2. The molecule has 0 aliphatic heterocycles. The van der Waals surface area contributed by atoms with Crippen molar-refractivity contribution in [2.45, 2.75) is 63.5 Å². The molecule has 7 nitrogen and oxygen atoms in total. The molecule has 0 spiro atoms. The first-order valence-electron chi connectivity index (χ1n) is 12.7. The highest BCUT2D eigenvalue weighted by molar-refractivity contribution is 6.07. The smallest absolute Gasteiger partial charge is 0.339 e. The fourth-order valence-corrected chi connectivity index (χ4v) is 5.31. The van der Waals surface area contributed by atoms with Crippen molar-refractivity contribution in [3.63, 3.8) is 0 Å². The van der Waals surface area contributed by atoms with E-state index in [0.29, 0.717) is 42.1 Å². The zero-order valence-corrected chi connectivity index (χ0v) is 20.8. The van der Waals surface area contributed by atoms with E-state index in [1.54, 1.807) is 19.1 Å². The fraction of sp³-hybridized carbons (Fsp3) is 0.333. The van der Waals surface area contributed by atoms with Crippen molar-refractivity contribution in [1.29, 1.82) is 5.26 Å². The largest absolute Gasteiger partial charge is 0.508 e. The summed E-state index contributed by atoms with van der Waals surface area (Å²) in [5.74, 6) is -0.830. The predicted octanol–water partition coefficient (Wildman–Crippen LogP) is 5.32. The van der Waals surface area contributed by atoms with Crippen LogP contribution in [-0.2, 0) is 16.0 Å². The van der Waals surface area contributed by atoms with Gasteiger partial charge in [-0.05, 0) is 73.6 Å². The molecule has 2 aliphatic rings.